The van der Waals surface area contributed by atoms with Gasteiger partial charge in [-0.25, -0.2) is 9.78 Å². The molecule has 1 aromatic rings. The van der Waals surface area contributed by atoms with E-state index in [1.165, 1.54) is 11.1 Å². The first-order chi connectivity index (χ1) is 9.54. The maximum absolute atomic E-state index is 11.2. The highest BCUT2D eigenvalue weighted by atomic mass is 16.6. The number of aromatic nitrogens is 1. The summed E-state index contributed by atoms with van der Waals surface area (Å²) in [5.41, 5.74) is -0.349. The highest BCUT2D eigenvalue weighted by molar-refractivity contribution is 5.79. The maximum Gasteiger partial charge on any atom is 0.328 e. The Morgan fingerprint density at radius 1 is 1.70 bits per heavy atom. The molecule has 0 radical (unpaired) electrons. The molecule has 0 aromatic carbocycles. The van der Waals surface area contributed by atoms with Crippen molar-refractivity contribution in [2.24, 2.45) is 0 Å². The number of pyridine rings is 1. The van der Waals surface area contributed by atoms with Gasteiger partial charge in [0.2, 0.25) is 5.82 Å². The third kappa shape index (κ3) is 2.50. The predicted molar refractivity (Wildman–Crippen MR) is 65.2 cm³/mol. The fourth-order valence-corrected chi connectivity index (χ4v) is 1.92. The topological polar surface area (TPSA) is 130 Å². The van der Waals surface area contributed by atoms with E-state index < -0.39 is 22.6 Å². The van der Waals surface area contributed by atoms with E-state index in [9.17, 15) is 14.9 Å². The summed E-state index contributed by atoms with van der Waals surface area (Å²) in [5.74, 6) is -1.21. The lowest BCUT2D eigenvalue weighted by Crippen LogP contribution is -2.50. The molecule has 9 heteroatoms. The Bertz CT molecular complexity index is 597. The minimum absolute atomic E-state index is 0.0422. The lowest BCUT2D eigenvalue weighted by molar-refractivity contribution is -0.384. The summed E-state index contributed by atoms with van der Waals surface area (Å²) in [5, 5.41) is 28.9. The van der Waals surface area contributed by atoms with Gasteiger partial charge >= 0.3 is 11.7 Å². The molecular weight excluding hydrogens is 268 g/mol. The Balaban J connectivity index is 2.47. The van der Waals surface area contributed by atoms with Crippen LogP contribution in [0, 0.1) is 21.4 Å². The van der Waals surface area contributed by atoms with Crippen LogP contribution in [0.2, 0.25) is 0 Å². The zero-order valence-electron chi connectivity index (χ0n) is 10.2. The average molecular weight is 278 g/mol. The average Bonchev–Trinajstić information content (AvgIpc) is 2.46. The smallest absolute Gasteiger partial charge is 0.328 e. The Labute approximate surface area is 113 Å². The summed E-state index contributed by atoms with van der Waals surface area (Å²) < 4.78 is 5.07. The van der Waals surface area contributed by atoms with Crippen LogP contribution in [0.15, 0.2) is 12.3 Å². The minimum atomic E-state index is -1.15. The Morgan fingerprint density at radius 3 is 3.05 bits per heavy atom. The van der Waals surface area contributed by atoms with E-state index in [4.69, 9.17) is 15.1 Å². The van der Waals surface area contributed by atoms with Gasteiger partial charge in [-0.05, 0) is 0 Å². The van der Waals surface area contributed by atoms with Gasteiger partial charge in [0.15, 0.2) is 6.04 Å². The van der Waals surface area contributed by atoms with Crippen LogP contribution in [-0.2, 0) is 9.53 Å². The van der Waals surface area contributed by atoms with E-state index in [-0.39, 0.29) is 31.1 Å². The molecule has 0 saturated carbocycles. The van der Waals surface area contributed by atoms with Crippen LogP contribution in [0.1, 0.15) is 5.56 Å². The lowest BCUT2D eigenvalue weighted by Gasteiger charge is -2.33. The maximum atomic E-state index is 11.2. The molecule has 0 spiro atoms. The van der Waals surface area contributed by atoms with Crippen LogP contribution >= 0.6 is 0 Å². The summed E-state index contributed by atoms with van der Waals surface area (Å²) >= 11 is 0. The van der Waals surface area contributed by atoms with Crippen LogP contribution in [0.5, 0.6) is 0 Å². The molecule has 1 unspecified atom stereocenters. The molecular formula is C11H10N4O5. The number of hydrogen-bond acceptors (Lipinski definition) is 7. The van der Waals surface area contributed by atoms with Gasteiger partial charge < -0.3 is 14.7 Å². The molecule has 1 aromatic heterocycles. The molecule has 0 amide bonds. The molecule has 1 atom stereocenters. The molecule has 2 rings (SSSR count). The fraction of sp³-hybridized carbons (Fsp3) is 0.364. The van der Waals surface area contributed by atoms with Crippen molar-refractivity contribution in [3.63, 3.8) is 0 Å². The number of aliphatic carboxylic acids is 1. The zero-order valence-corrected chi connectivity index (χ0v) is 10.2. The van der Waals surface area contributed by atoms with Gasteiger partial charge in [-0.2, -0.15) is 5.26 Å². The van der Waals surface area contributed by atoms with Crippen LogP contribution < -0.4 is 4.90 Å². The normalized spacial score (nSPS) is 18.4. The lowest BCUT2D eigenvalue weighted by atomic mass is 10.2. The largest absolute Gasteiger partial charge is 0.480 e. The second-order valence-electron chi connectivity index (χ2n) is 4.06. The molecule has 1 aliphatic heterocycles. The Morgan fingerprint density at radius 2 is 2.45 bits per heavy atom. The van der Waals surface area contributed by atoms with E-state index >= 15 is 0 Å². The number of rotatable bonds is 3. The molecule has 1 saturated heterocycles. The zero-order chi connectivity index (χ0) is 14.7. The number of nitriles is 1. The minimum Gasteiger partial charge on any atom is -0.480 e. The predicted octanol–water partition coefficient (Wildman–Crippen LogP) is 0.151. The number of carbonyl (C=O) groups is 1. The Hall–Kier alpha value is -2.73. The molecule has 0 bridgehead atoms. The number of nitro groups is 1. The van der Waals surface area contributed by atoms with Crippen molar-refractivity contribution in [2.75, 3.05) is 24.7 Å². The summed E-state index contributed by atoms with van der Waals surface area (Å²) in [6.07, 6.45) is 1.18. The second-order valence-corrected chi connectivity index (χ2v) is 4.06. The number of ether oxygens (including phenoxy) is 1. The van der Waals surface area contributed by atoms with Crippen molar-refractivity contribution < 1.29 is 19.6 Å². The molecule has 104 valence electrons. The van der Waals surface area contributed by atoms with E-state index in [0.717, 1.165) is 6.07 Å². The van der Waals surface area contributed by atoms with Crippen molar-refractivity contribution in [1.82, 2.24) is 4.98 Å². The van der Waals surface area contributed by atoms with Crippen LogP contribution in [0.4, 0.5) is 11.5 Å². The van der Waals surface area contributed by atoms with Crippen LogP contribution in [-0.4, -0.2) is 46.8 Å². The molecule has 2 heterocycles. The monoisotopic (exact) mass is 278 g/mol. The highest BCUT2D eigenvalue weighted by Gasteiger charge is 2.34. The summed E-state index contributed by atoms with van der Waals surface area (Å²) in [4.78, 5) is 26.7. The van der Waals surface area contributed by atoms with E-state index in [2.05, 4.69) is 4.98 Å². The van der Waals surface area contributed by atoms with Gasteiger partial charge in [0, 0.05) is 18.8 Å². The SMILES string of the molecule is N#Cc1cnc(N2CCOCC2C(=O)O)c([N+](=O)[O-])c1. The van der Waals surface area contributed by atoms with Gasteiger partial charge in [-0.15, -0.1) is 0 Å². The Kier molecular flexibility index (Phi) is 3.76. The summed E-state index contributed by atoms with van der Waals surface area (Å²) in [6.45, 7) is 0.355. The third-order valence-corrected chi connectivity index (χ3v) is 2.86. The first-order valence-electron chi connectivity index (χ1n) is 5.66. The van der Waals surface area contributed by atoms with E-state index in [0.29, 0.717) is 0 Å². The number of carboxylic acid groups (broad SMARTS) is 1. The first-order valence-corrected chi connectivity index (χ1v) is 5.66. The quantitative estimate of drug-likeness (QED) is 0.610. The standard InChI is InChI=1S/C11H10N4O5/c12-4-7-3-8(15(18)19)10(13-5-7)14-1-2-20-6-9(14)11(16)17/h3,5,9H,1-2,6H2,(H,16,17). The molecule has 20 heavy (non-hydrogen) atoms. The fourth-order valence-electron chi connectivity index (χ4n) is 1.92. The number of carboxylic acids is 1. The van der Waals surface area contributed by atoms with Crippen LogP contribution in [0.25, 0.3) is 0 Å². The number of morpholine rings is 1. The molecule has 0 aliphatic carbocycles. The number of nitrogens with zero attached hydrogens (tertiary/aromatic N) is 4. The number of anilines is 1. The molecule has 9 nitrogen and oxygen atoms in total. The third-order valence-electron chi connectivity index (χ3n) is 2.86. The molecule has 1 aliphatic rings. The number of hydrogen-bond donors (Lipinski definition) is 1. The van der Waals surface area contributed by atoms with Crippen molar-refractivity contribution >= 4 is 17.5 Å². The van der Waals surface area contributed by atoms with Crippen molar-refractivity contribution in [1.29, 1.82) is 5.26 Å². The van der Waals surface area contributed by atoms with Gasteiger partial charge in [0.25, 0.3) is 0 Å². The van der Waals surface area contributed by atoms with Crippen molar-refractivity contribution in [3.05, 3.63) is 27.9 Å². The van der Waals surface area contributed by atoms with Gasteiger partial charge in [0.05, 0.1) is 23.7 Å². The van der Waals surface area contributed by atoms with Crippen molar-refractivity contribution in [2.45, 2.75) is 6.04 Å². The van der Waals surface area contributed by atoms with Crippen LogP contribution in [0.3, 0.4) is 0 Å². The summed E-state index contributed by atoms with van der Waals surface area (Å²) in [7, 11) is 0. The van der Waals surface area contributed by atoms with Crippen molar-refractivity contribution in [3.8, 4) is 6.07 Å². The van der Waals surface area contributed by atoms with Gasteiger partial charge in [0.1, 0.15) is 6.07 Å². The summed E-state index contributed by atoms with van der Waals surface area (Å²) in [6, 6.07) is 1.80. The van der Waals surface area contributed by atoms with Gasteiger partial charge in [-0.1, -0.05) is 0 Å². The molecule has 1 fully saturated rings. The molecule has 1 N–H and O–H groups in total. The van der Waals surface area contributed by atoms with Gasteiger partial charge in [-0.3, -0.25) is 10.1 Å². The van der Waals surface area contributed by atoms with E-state index in [1.807, 2.05) is 0 Å². The van der Waals surface area contributed by atoms with E-state index in [1.54, 1.807) is 6.07 Å². The second kappa shape index (κ2) is 5.50. The highest BCUT2D eigenvalue weighted by Crippen LogP contribution is 2.29. The first kappa shape index (κ1) is 13.7.